The first-order valence-electron chi connectivity index (χ1n) is 15.9. The molecule has 10 heteroatoms. The number of epoxide rings is 1. The summed E-state index contributed by atoms with van der Waals surface area (Å²) < 4.78 is 29.2. The first-order valence-corrected chi connectivity index (χ1v) is 15.9. The summed E-state index contributed by atoms with van der Waals surface area (Å²) in [6, 6.07) is 17.5. The Morgan fingerprint density at radius 1 is 1.04 bits per heavy atom. The Kier molecular flexibility index (Phi) is 6.60. The number of allylic oxidation sites excluding steroid dienone is 1. The molecule has 1 N–H and O–H groups in total. The molecule has 240 valence electrons. The zero-order valence-electron chi connectivity index (χ0n) is 26.6. The summed E-state index contributed by atoms with van der Waals surface area (Å²) in [6.45, 7) is 6.07. The van der Waals surface area contributed by atoms with Gasteiger partial charge in [-0.3, -0.25) is 9.59 Å². The Labute approximate surface area is 271 Å². The van der Waals surface area contributed by atoms with Gasteiger partial charge in [-0.15, -0.1) is 0 Å². The van der Waals surface area contributed by atoms with Crippen LogP contribution in [0.2, 0.25) is 0 Å². The van der Waals surface area contributed by atoms with Crippen LogP contribution >= 0.6 is 0 Å². The highest BCUT2D eigenvalue weighted by Crippen LogP contribution is 2.63. The van der Waals surface area contributed by atoms with Crippen molar-refractivity contribution in [2.75, 3.05) is 7.05 Å². The molecule has 10 nitrogen and oxygen atoms in total. The fourth-order valence-electron chi connectivity index (χ4n) is 7.46. The number of aromatic nitrogens is 1. The molecule has 0 saturated carbocycles. The van der Waals surface area contributed by atoms with E-state index in [-0.39, 0.29) is 47.2 Å². The van der Waals surface area contributed by atoms with Gasteiger partial charge in [0, 0.05) is 29.8 Å². The van der Waals surface area contributed by atoms with Crippen molar-refractivity contribution in [2.24, 2.45) is 11.8 Å². The molecule has 0 amide bonds. The number of hydrogen-bond donors (Lipinski definition) is 1. The molecular formula is C37H34N2O8. The van der Waals surface area contributed by atoms with E-state index in [1.807, 2.05) is 61.6 Å². The molecule has 0 bridgehead atoms. The molecule has 1 saturated heterocycles. The fourth-order valence-corrected chi connectivity index (χ4v) is 7.46. The maximum atomic E-state index is 14.6. The summed E-state index contributed by atoms with van der Waals surface area (Å²) in [5.74, 6) is 0.175. The normalized spacial score (nSPS) is 22.4. The molecule has 8 rings (SSSR count). The van der Waals surface area contributed by atoms with Crippen LogP contribution in [0.15, 0.2) is 70.5 Å². The van der Waals surface area contributed by atoms with Crippen LogP contribution in [0.5, 0.6) is 11.6 Å². The Morgan fingerprint density at radius 2 is 1.85 bits per heavy atom. The lowest BCUT2D eigenvalue weighted by atomic mass is 9.63. The molecule has 0 radical (unpaired) electrons. The van der Waals surface area contributed by atoms with E-state index in [9.17, 15) is 14.4 Å². The Bertz CT molecular complexity index is 2020. The predicted molar refractivity (Wildman–Crippen MR) is 169 cm³/mol. The van der Waals surface area contributed by atoms with E-state index in [2.05, 4.69) is 10.5 Å². The quantitative estimate of drug-likeness (QED) is 0.147. The van der Waals surface area contributed by atoms with Crippen LogP contribution in [0.4, 0.5) is 4.79 Å². The van der Waals surface area contributed by atoms with Gasteiger partial charge >= 0.3 is 6.16 Å². The summed E-state index contributed by atoms with van der Waals surface area (Å²) in [6.07, 6.45) is 0.623. The van der Waals surface area contributed by atoms with E-state index in [0.29, 0.717) is 53.8 Å². The van der Waals surface area contributed by atoms with Crippen molar-refractivity contribution in [3.05, 3.63) is 99.5 Å². The lowest BCUT2D eigenvalue weighted by molar-refractivity contribution is 0.0208. The number of carbonyl (C=O) groups is 3. The van der Waals surface area contributed by atoms with E-state index in [4.69, 9.17) is 23.5 Å². The van der Waals surface area contributed by atoms with Crippen LogP contribution in [0.3, 0.4) is 0 Å². The van der Waals surface area contributed by atoms with Gasteiger partial charge in [-0.2, -0.15) is 0 Å². The molecule has 4 aliphatic rings. The Hall–Kier alpha value is -4.96. The second-order valence-corrected chi connectivity index (χ2v) is 13.7. The molecule has 3 atom stereocenters. The van der Waals surface area contributed by atoms with Gasteiger partial charge in [0.05, 0.1) is 5.56 Å². The van der Waals surface area contributed by atoms with E-state index < -0.39 is 17.4 Å². The van der Waals surface area contributed by atoms with Crippen molar-refractivity contribution in [3.8, 4) is 11.6 Å². The van der Waals surface area contributed by atoms with Gasteiger partial charge in [0.2, 0.25) is 11.4 Å². The zero-order valence-corrected chi connectivity index (χ0v) is 26.6. The monoisotopic (exact) mass is 634 g/mol. The number of ketones is 2. The van der Waals surface area contributed by atoms with Crippen molar-refractivity contribution < 1.29 is 37.9 Å². The third-order valence-electron chi connectivity index (χ3n) is 9.44. The first kappa shape index (κ1) is 29.4. The molecule has 2 heterocycles. The smallest absolute Gasteiger partial charge is 0.470 e. The summed E-state index contributed by atoms with van der Waals surface area (Å²) in [5, 5.41) is 8.72. The van der Waals surface area contributed by atoms with Gasteiger partial charge in [-0.25, -0.2) is 4.79 Å². The highest BCUT2D eigenvalue weighted by atomic mass is 16.7. The van der Waals surface area contributed by atoms with Gasteiger partial charge in [-0.05, 0) is 79.9 Å². The minimum Gasteiger partial charge on any atom is -0.470 e. The van der Waals surface area contributed by atoms with Gasteiger partial charge in [0.25, 0.3) is 5.88 Å². The highest BCUT2D eigenvalue weighted by molar-refractivity contribution is 6.19. The zero-order chi connectivity index (χ0) is 32.7. The SMILES string of the molecule is CNCc1ccc2cc3c(c(OC(=O)OC(C)(C)C)c2c1)C(=O)C1=C2O[C@]24C(=O)c2c(OCc5ccccc5)noc2C[C@@H]4CC1C3. The second kappa shape index (κ2) is 10.5. The number of ether oxygens (including phenoxy) is 4. The maximum absolute atomic E-state index is 14.6. The molecule has 1 aliphatic heterocycles. The summed E-state index contributed by atoms with van der Waals surface area (Å²) in [7, 11) is 1.85. The molecule has 1 fully saturated rings. The molecule has 1 spiro atoms. The van der Waals surface area contributed by atoms with Crippen LogP contribution in [0.25, 0.3) is 10.8 Å². The van der Waals surface area contributed by atoms with E-state index in [1.165, 1.54) is 0 Å². The summed E-state index contributed by atoms with van der Waals surface area (Å²) >= 11 is 0. The van der Waals surface area contributed by atoms with Crippen molar-refractivity contribution in [3.63, 3.8) is 0 Å². The number of fused-ring (bicyclic) bond motifs is 4. The third kappa shape index (κ3) is 4.73. The number of nitrogens with zero attached hydrogens (tertiary/aromatic N) is 1. The maximum Gasteiger partial charge on any atom is 0.514 e. The number of hydrogen-bond acceptors (Lipinski definition) is 10. The average molecular weight is 635 g/mol. The van der Waals surface area contributed by atoms with Gasteiger partial charge in [0.1, 0.15) is 17.8 Å². The summed E-state index contributed by atoms with van der Waals surface area (Å²) in [4.78, 5) is 41.8. The number of benzene rings is 3. The minimum absolute atomic E-state index is 0.126. The number of rotatable bonds is 6. The van der Waals surface area contributed by atoms with Crippen LogP contribution in [-0.2, 0) is 35.5 Å². The first-order chi connectivity index (χ1) is 22.6. The topological polar surface area (TPSA) is 129 Å². The van der Waals surface area contributed by atoms with Gasteiger partial charge in [0.15, 0.2) is 23.1 Å². The van der Waals surface area contributed by atoms with Crippen LogP contribution in [0.1, 0.15) is 70.4 Å². The van der Waals surface area contributed by atoms with E-state index >= 15 is 0 Å². The van der Waals surface area contributed by atoms with Gasteiger partial charge < -0.3 is 28.8 Å². The highest BCUT2D eigenvalue weighted by Gasteiger charge is 2.72. The average Bonchev–Trinajstić information content (AvgIpc) is 3.65. The van der Waals surface area contributed by atoms with Gasteiger partial charge in [-0.1, -0.05) is 48.5 Å². The third-order valence-corrected chi connectivity index (χ3v) is 9.44. The molecule has 1 unspecified atom stereocenters. The number of nitrogens with one attached hydrogen (secondary N) is 1. The van der Waals surface area contributed by atoms with Crippen molar-refractivity contribution in [1.82, 2.24) is 10.5 Å². The van der Waals surface area contributed by atoms with Crippen LogP contribution in [0, 0.1) is 11.8 Å². The molecule has 4 aromatic rings. The molecule has 1 aromatic heterocycles. The van der Waals surface area contributed by atoms with E-state index in [0.717, 1.165) is 22.1 Å². The largest absolute Gasteiger partial charge is 0.514 e. The van der Waals surface area contributed by atoms with Crippen LogP contribution < -0.4 is 14.8 Å². The van der Waals surface area contributed by atoms with Crippen molar-refractivity contribution in [1.29, 1.82) is 0 Å². The van der Waals surface area contributed by atoms with Crippen molar-refractivity contribution >= 4 is 28.5 Å². The molecule has 3 aromatic carbocycles. The molecular weight excluding hydrogens is 600 g/mol. The molecule has 47 heavy (non-hydrogen) atoms. The summed E-state index contributed by atoms with van der Waals surface area (Å²) in [5.41, 5.74) is 1.65. The standard InChI is InChI=1S/C37H34N2O8/c1-36(2,3)46-35(42)44-31-25-12-20(17-38-4)10-11-21(25)13-22-14-23-15-24-16-26-29(34(39-47-26)43-18-19-8-6-5-7-9-19)32(41)37(24)33(45-37)28(23)30(40)27(22)31/h5-13,23-24,38H,14-18H2,1-4H3/t23?,24-,37+/m0/s1. The fraction of sp³-hybridized carbons (Fsp3) is 0.351. The van der Waals surface area contributed by atoms with E-state index in [1.54, 1.807) is 20.8 Å². The number of carbonyl (C=O) groups excluding carboxylic acids is 3. The lowest BCUT2D eigenvalue weighted by Gasteiger charge is -2.35. The Morgan fingerprint density at radius 3 is 2.62 bits per heavy atom. The number of Topliss-reactive ketones (excluding diaryl/α,β-unsaturated/α-hetero) is 2. The minimum atomic E-state index is -1.26. The lowest BCUT2D eigenvalue weighted by Crippen LogP contribution is -2.44. The van der Waals surface area contributed by atoms with Crippen LogP contribution in [-0.4, -0.2) is 41.1 Å². The Balaban J connectivity index is 1.19. The second-order valence-electron chi connectivity index (χ2n) is 13.7. The molecule has 3 aliphatic carbocycles. The van der Waals surface area contributed by atoms with Crippen molar-refractivity contribution in [2.45, 2.75) is 64.4 Å². The predicted octanol–water partition coefficient (Wildman–Crippen LogP) is 6.28.